The fraction of sp³-hybridized carbons (Fsp3) is 0.350. The second-order valence-electron chi connectivity index (χ2n) is 6.42. The molecule has 0 aliphatic rings. The van der Waals surface area contributed by atoms with Gasteiger partial charge in [-0.05, 0) is 61.2 Å². The number of rotatable bonds is 8. The third-order valence-electron chi connectivity index (χ3n) is 3.75. The molecule has 4 nitrogen and oxygen atoms in total. The summed E-state index contributed by atoms with van der Waals surface area (Å²) in [5, 5.41) is 6.56. The number of hydrogen-bond acceptors (Lipinski definition) is 3. The zero-order valence-electron chi connectivity index (χ0n) is 14.9. The van der Waals surface area contributed by atoms with Crippen LogP contribution in [0, 0.1) is 12.8 Å². The van der Waals surface area contributed by atoms with Crippen LogP contribution in [-0.4, -0.2) is 19.1 Å². The maximum atomic E-state index is 12.1. The minimum atomic E-state index is -0.123. The van der Waals surface area contributed by atoms with Crippen molar-refractivity contribution in [2.75, 3.05) is 23.8 Å². The standard InChI is InChI=1S/C20H25ClN2O2/c1-14(2)10-11-25-18-8-6-17(7-9-18)22-13-20(24)23-19-12-16(21)5-4-15(19)3/h4-9,12,14,22H,10-11,13H2,1-3H3,(H,23,24). The number of halogens is 1. The Morgan fingerprint density at radius 2 is 1.88 bits per heavy atom. The second kappa shape index (κ2) is 9.33. The van der Waals surface area contributed by atoms with E-state index < -0.39 is 0 Å². The summed E-state index contributed by atoms with van der Waals surface area (Å²) in [4.78, 5) is 12.1. The van der Waals surface area contributed by atoms with Crippen LogP contribution in [0.5, 0.6) is 5.75 Å². The first kappa shape index (κ1) is 19.1. The number of hydrogen-bond donors (Lipinski definition) is 2. The third kappa shape index (κ3) is 6.67. The Morgan fingerprint density at radius 1 is 1.16 bits per heavy atom. The maximum absolute atomic E-state index is 12.1. The minimum Gasteiger partial charge on any atom is -0.494 e. The van der Waals surface area contributed by atoms with Crippen LogP contribution in [0.1, 0.15) is 25.8 Å². The molecule has 0 saturated heterocycles. The molecule has 0 heterocycles. The number of carbonyl (C=O) groups is 1. The average Bonchev–Trinajstić information content (AvgIpc) is 2.57. The minimum absolute atomic E-state index is 0.123. The molecule has 5 heteroatoms. The summed E-state index contributed by atoms with van der Waals surface area (Å²) in [6, 6.07) is 13.0. The third-order valence-corrected chi connectivity index (χ3v) is 3.98. The van der Waals surface area contributed by atoms with Crippen LogP contribution >= 0.6 is 11.6 Å². The Balaban J connectivity index is 1.80. The van der Waals surface area contributed by atoms with Gasteiger partial charge in [0.1, 0.15) is 5.75 Å². The number of ether oxygens (including phenoxy) is 1. The Labute approximate surface area is 154 Å². The lowest BCUT2D eigenvalue weighted by molar-refractivity contribution is -0.114. The Bertz CT molecular complexity index is 699. The molecular formula is C20H25ClN2O2. The van der Waals surface area contributed by atoms with E-state index >= 15 is 0 Å². The quantitative estimate of drug-likeness (QED) is 0.686. The van der Waals surface area contributed by atoms with E-state index in [1.807, 2.05) is 37.3 Å². The monoisotopic (exact) mass is 360 g/mol. The van der Waals surface area contributed by atoms with Gasteiger partial charge in [0, 0.05) is 16.4 Å². The lowest BCUT2D eigenvalue weighted by atomic mass is 10.1. The van der Waals surface area contributed by atoms with Crippen molar-refractivity contribution < 1.29 is 9.53 Å². The number of carbonyl (C=O) groups excluding carboxylic acids is 1. The van der Waals surface area contributed by atoms with Gasteiger partial charge in [0.25, 0.3) is 0 Å². The van der Waals surface area contributed by atoms with Crippen molar-refractivity contribution in [2.24, 2.45) is 5.92 Å². The molecule has 0 unspecified atom stereocenters. The molecular weight excluding hydrogens is 336 g/mol. The van der Waals surface area contributed by atoms with Crippen LogP contribution in [0.4, 0.5) is 11.4 Å². The van der Waals surface area contributed by atoms with Crippen LogP contribution in [0.15, 0.2) is 42.5 Å². The smallest absolute Gasteiger partial charge is 0.243 e. The van der Waals surface area contributed by atoms with E-state index in [4.69, 9.17) is 16.3 Å². The normalized spacial score (nSPS) is 10.6. The molecule has 0 radical (unpaired) electrons. The molecule has 0 spiro atoms. The molecule has 0 bridgehead atoms. The summed E-state index contributed by atoms with van der Waals surface area (Å²) >= 11 is 5.96. The summed E-state index contributed by atoms with van der Waals surface area (Å²) in [7, 11) is 0. The number of benzene rings is 2. The van der Waals surface area contributed by atoms with E-state index in [0.717, 1.165) is 29.1 Å². The summed E-state index contributed by atoms with van der Waals surface area (Å²) < 4.78 is 5.68. The maximum Gasteiger partial charge on any atom is 0.243 e. The zero-order chi connectivity index (χ0) is 18.2. The van der Waals surface area contributed by atoms with Gasteiger partial charge in [-0.25, -0.2) is 0 Å². The zero-order valence-corrected chi connectivity index (χ0v) is 15.7. The van der Waals surface area contributed by atoms with Gasteiger partial charge in [-0.1, -0.05) is 31.5 Å². The molecule has 134 valence electrons. The van der Waals surface area contributed by atoms with Crippen LogP contribution in [0.2, 0.25) is 5.02 Å². The van der Waals surface area contributed by atoms with Crippen molar-refractivity contribution >= 4 is 28.9 Å². The van der Waals surface area contributed by atoms with Crippen molar-refractivity contribution in [1.29, 1.82) is 0 Å². The SMILES string of the molecule is Cc1ccc(Cl)cc1NC(=O)CNc1ccc(OCCC(C)C)cc1. The lowest BCUT2D eigenvalue weighted by Gasteiger charge is -2.11. The highest BCUT2D eigenvalue weighted by atomic mass is 35.5. The fourth-order valence-corrected chi connectivity index (χ4v) is 2.36. The van der Waals surface area contributed by atoms with Gasteiger partial charge >= 0.3 is 0 Å². The van der Waals surface area contributed by atoms with Gasteiger partial charge in [0.05, 0.1) is 13.2 Å². The first-order chi connectivity index (χ1) is 11.9. The van der Waals surface area contributed by atoms with Crippen molar-refractivity contribution in [1.82, 2.24) is 0 Å². The van der Waals surface area contributed by atoms with Gasteiger partial charge in [-0.2, -0.15) is 0 Å². The van der Waals surface area contributed by atoms with E-state index in [1.165, 1.54) is 0 Å². The molecule has 0 atom stereocenters. The van der Waals surface area contributed by atoms with Gasteiger partial charge in [-0.15, -0.1) is 0 Å². The molecule has 2 N–H and O–H groups in total. The molecule has 0 fully saturated rings. The molecule has 25 heavy (non-hydrogen) atoms. The van der Waals surface area contributed by atoms with E-state index in [2.05, 4.69) is 24.5 Å². The highest BCUT2D eigenvalue weighted by Crippen LogP contribution is 2.20. The van der Waals surface area contributed by atoms with Gasteiger partial charge in [0.15, 0.2) is 0 Å². The molecule has 0 saturated carbocycles. The Morgan fingerprint density at radius 3 is 2.56 bits per heavy atom. The van der Waals surface area contributed by atoms with E-state index in [-0.39, 0.29) is 12.5 Å². The van der Waals surface area contributed by atoms with Crippen molar-refractivity contribution in [3.05, 3.63) is 53.1 Å². The second-order valence-corrected chi connectivity index (χ2v) is 6.85. The molecule has 2 aromatic carbocycles. The number of nitrogens with one attached hydrogen (secondary N) is 2. The van der Waals surface area contributed by atoms with Crippen molar-refractivity contribution in [2.45, 2.75) is 27.2 Å². The molecule has 0 aliphatic heterocycles. The number of amides is 1. The summed E-state index contributed by atoms with van der Waals surface area (Å²) in [5.41, 5.74) is 2.57. The Kier molecular flexibility index (Phi) is 7.14. The predicted molar refractivity (Wildman–Crippen MR) is 105 cm³/mol. The average molecular weight is 361 g/mol. The first-order valence-corrected chi connectivity index (χ1v) is 8.84. The van der Waals surface area contributed by atoms with E-state index in [0.29, 0.717) is 17.5 Å². The van der Waals surface area contributed by atoms with Gasteiger partial charge < -0.3 is 15.4 Å². The predicted octanol–water partition coefficient (Wildman–Crippen LogP) is 5.12. The highest BCUT2D eigenvalue weighted by molar-refractivity contribution is 6.31. The topological polar surface area (TPSA) is 50.4 Å². The van der Waals surface area contributed by atoms with Gasteiger partial charge in [-0.3, -0.25) is 4.79 Å². The molecule has 0 aliphatic carbocycles. The van der Waals surface area contributed by atoms with E-state index in [9.17, 15) is 4.79 Å². The van der Waals surface area contributed by atoms with Crippen molar-refractivity contribution in [3.8, 4) is 5.75 Å². The Hall–Kier alpha value is -2.20. The van der Waals surface area contributed by atoms with Crippen LogP contribution in [-0.2, 0) is 4.79 Å². The fourth-order valence-electron chi connectivity index (χ4n) is 2.19. The molecule has 0 aromatic heterocycles. The highest BCUT2D eigenvalue weighted by Gasteiger charge is 2.06. The summed E-state index contributed by atoms with van der Waals surface area (Å²) in [6.45, 7) is 7.17. The van der Waals surface area contributed by atoms with E-state index in [1.54, 1.807) is 12.1 Å². The summed E-state index contributed by atoms with van der Waals surface area (Å²) in [6.07, 6.45) is 1.03. The van der Waals surface area contributed by atoms with Crippen molar-refractivity contribution in [3.63, 3.8) is 0 Å². The van der Waals surface area contributed by atoms with Crippen LogP contribution in [0.25, 0.3) is 0 Å². The number of aryl methyl sites for hydroxylation is 1. The number of anilines is 2. The lowest BCUT2D eigenvalue weighted by Crippen LogP contribution is -2.22. The van der Waals surface area contributed by atoms with Gasteiger partial charge in [0.2, 0.25) is 5.91 Å². The van der Waals surface area contributed by atoms with Crippen LogP contribution < -0.4 is 15.4 Å². The molecule has 2 rings (SSSR count). The largest absolute Gasteiger partial charge is 0.494 e. The summed E-state index contributed by atoms with van der Waals surface area (Å²) in [5.74, 6) is 1.34. The molecule has 1 amide bonds. The first-order valence-electron chi connectivity index (χ1n) is 8.47. The molecule has 2 aromatic rings. The van der Waals surface area contributed by atoms with Crippen LogP contribution in [0.3, 0.4) is 0 Å².